The average Bonchev–Trinajstić information content (AvgIpc) is 2.82. The fraction of sp³-hybridized carbons (Fsp3) is 0.462. The van der Waals surface area contributed by atoms with Crippen molar-refractivity contribution in [2.45, 2.75) is 32.7 Å². The van der Waals surface area contributed by atoms with Crippen LogP contribution in [0.25, 0.3) is 10.2 Å². The molecule has 0 aliphatic carbocycles. The van der Waals surface area contributed by atoms with Crippen molar-refractivity contribution in [3.05, 3.63) is 17.8 Å². The molecule has 0 amide bonds. The van der Waals surface area contributed by atoms with Crippen LogP contribution in [0.5, 0.6) is 0 Å². The second-order valence-corrected chi connectivity index (χ2v) is 5.53. The van der Waals surface area contributed by atoms with Crippen molar-refractivity contribution in [3.8, 4) is 0 Å². The van der Waals surface area contributed by atoms with E-state index >= 15 is 0 Å². The van der Waals surface area contributed by atoms with E-state index in [9.17, 15) is 4.79 Å². The first kappa shape index (κ1) is 13.7. The molecule has 0 radical (unpaired) electrons. The Morgan fingerprint density at radius 2 is 2.26 bits per heavy atom. The number of carbonyl (C=O) groups is 1. The average molecular weight is 279 g/mol. The summed E-state index contributed by atoms with van der Waals surface area (Å²) in [6.45, 7) is 4.86. The van der Waals surface area contributed by atoms with Crippen molar-refractivity contribution in [1.82, 2.24) is 9.97 Å². The first-order valence-electron chi connectivity index (χ1n) is 6.26. The van der Waals surface area contributed by atoms with E-state index in [2.05, 4.69) is 28.7 Å². The Hall–Kier alpha value is -1.69. The third kappa shape index (κ3) is 3.20. The standard InChI is InChI=1S/C13H17N3O2S/c1-9(2)16(6-3-4-11(17)18)13-12-10(5-7-19-12)14-8-15-13/h5,7-9H,3-4,6H2,1-2H3,(H,17,18). The Labute approximate surface area is 115 Å². The van der Waals surface area contributed by atoms with Crippen LogP contribution in [0.2, 0.25) is 0 Å². The zero-order chi connectivity index (χ0) is 13.8. The third-order valence-electron chi connectivity index (χ3n) is 2.91. The minimum absolute atomic E-state index is 0.182. The molecule has 6 heteroatoms. The minimum atomic E-state index is -0.757. The van der Waals surface area contributed by atoms with Crippen LogP contribution >= 0.6 is 11.3 Å². The van der Waals surface area contributed by atoms with Crippen molar-refractivity contribution < 1.29 is 9.90 Å². The number of rotatable bonds is 6. The summed E-state index contributed by atoms with van der Waals surface area (Å²) in [5.41, 5.74) is 0.943. The van der Waals surface area contributed by atoms with Gasteiger partial charge in [0.25, 0.3) is 0 Å². The molecule has 0 atom stereocenters. The van der Waals surface area contributed by atoms with E-state index in [0.29, 0.717) is 13.0 Å². The quantitative estimate of drug-likeness (QED) is 0.880. The number of fused-ring (bicyclic) bond motifs is 1. The molecule has 0 unspecified atom stereocenters. The highest BCUT2D eigenvalue weighted by Gasteiger charge is 2.16. The van der Waals surface area contributed by atoms with Gasteiger partial charge in [-0.05, 0) is 31.7 Å². The Bertz CT molecular complexity index is 568. The smallest absolute Gasteiger partial charge is 0.303 e. The second-order valence-electron chi connectivity index (χ2n) is 4.62. The van der Waals surface area contributed by atoms with Crippen LogP contribution in [0.15, 0.2) is 17.8 Å². The number of nitrogens with zero attached hydrogens (tertiary/aromatic N) is 3. The lowest BCUT2D eigenvalue weighted by atomic mass is 10.2. The summed E-state index contributed by atoms with van der Waals surface area (Å²) in [5, 5.41) is 10.7. The van der Waals surface area contributed by atoms with E-state index in [0.717, 1.165) is 16.0 Å². The molecular formula is C13H17N3O2S. The third-order valence-corrected chi connectivity index (χ3v) is 3.81. The maximum Gasteiger partial charge on any atom is 0.303 e. The molecule has 0 aliphatic rings. The molecular weight excluding hydrogens is 262 g/mol. The zero-order valence-corrected chi connectivity index (χ0v) is 11.9. The molecule has 0 saturated heterocycles. The van der Waals surface area contributed by atoms with E-state index in [-0.39, 0.29) is 12.5 Å². The molecule has 102 valence electrons. The maximum atomic E-state index is 10.6. The van der Waals surface area contributed by atoms with Crippen LogP contribution in [-0.4, -0.2) is 33.6 Å². The maximum absolute atomic E-state index is 10.6. The number of aromatic nitrogens is 2. The van der Waals surface area contributed by atoms with Gasteiger partial charge in [0, 0.05) is 19.0 Å². The van der Waals surface area contributed by atoms with Gasteiger partial charge in [-0.2, -0.15) is 0 Å². The van der Waals surface area contributed by atoms with Crippen LogP contribution in [0.1, 0.15) is 26.7 Å². The number of hydrogen-bond donors (Lipinski definition) is 1. The molecule has 1 N–H and O–H groups in total. The van der Waals surface area contributed by atoms with E-state index in [4.69, 9.17) is 5.11 Å². The van der Waals surface area contributed by atoms with E-state index < -0.39 is 5.97 Å². The lowest BCUT2D eigenvalue weighted by Crippen LogP contribution is -2.32. The van der Waals surface area contributed by atoms with Gasteiger partial charge < -0.3 is 10.0 Å². The molecule has 0 saturated carbocycles. The molecule has 19 heavy (non-hydrogen) atoms. The highest BCUT2D eigenvalue weighted by Crippen LogP contribution is 2.29. The van der Waals surface area contributed by atoms with Crippen molar-refractivity contribution in [2.24, 2.45) is 0 Å². The fourth-order valence-corrected chi connectivity index (χ4v) is 2.84. The monoisotopic (exact) mass is 279 g/mol. The molecule has 0 fully saturated rings. The molecule has 0 aromatic carbocycles. The predicted octanol–water partition coefficient (Wildman–Crippen LogP) is 2.77. The molecule has 2 heterocycles. The van der Waals surface area contributed by atoms with Gasteiger partial charge in [-0.1, -0.05) is 0 Å². The van der Waals surface area contributed by atoms with Crippen LogP contribution in [-0.2, 0) is 4.79 Å². The van der Waals surface area contributed by atoms with Crippen molar-refractivity contribution in [2.75, 3.05) is 11.4 Å². The van der Waals surface area contributed by atoms with Gasteiger partial charge in [0.1, 0.15) is 12.1 Å². The lowest BCUT2D eigenvalue weighted by Gasteiger charge is -2.27. The summed E-state index contributed by atoms with van der Waals surface area (Å²) in [7, 11) is 0. The van der Waals surface area contributed by atoms with Gasteiger partial charge in [0.15, 0.2) is 0 Å². The molecule has 5 nitrogen and oxygen atoms in total. The summed E-state index contributed by atoms with van der Waals surface area (Å²) in [6, 6.07) is 2.25. The van der Waals surface area contributed by atoms with E-state index in [1.165, 1.54) is 0 Å². The number of thiophene rings is 1. The number of carboxylic acids is 1. The predicted molar refractivity (Wildman–Crippen MR) is 76.8 cm³/mol. The molecule has 2 rings (SSSR count). The highest BCUT2D eigenvalue weighted by atomic mass is 32.1. The summed E-state index contributed by atoms with van der Waals surface area (Å²) in [5.74, 6) is 0.146. The van der Waals surface area contributed by atoms with Gasteiger partial charge in [-0.25, -0.2) is 9.97 Å². The molecule has 0 bridgehead atoms. The lowest BCUT2D eigenvalue weighted by molar-refractivity contribution is -0.137. The summed E-state index contributed by atoms with van der Waals surface area (Å²) in [4.78, 5) is 21.4. The summed E-state index contributed by atoms with van der Waals surface area (Å²) >= 11 is 1.62. The fourth-order valence-electron chi connectivity index (χ4n) is 1.99. The topological polar surface area (TPSA) is 66.3 Å². The largest absolute Gasteiger partial charge is 0.481 e. The zero-order valence-electron chi connectivity index (χ0n) is 11.0. The Morgan fingerprint density at radius 1 is 1.47 bits per heavy atom. The Balaban J connectivity index is 2.23. The molecule has 2 aromatic heterocycles. The second kappa shape index (κ2) is 5.97. The van der Waals surface area contributed by atoms with Crippen LogP contribution in [0.3, 0.4) is 0 Å². The van der Waals surface area contributed by atoms with Crippen molar-refractivity contribution >= 4 is 33.3 Å². The number of aliphatic carboxylic acids is 1. The van der Waals surface area contributed by atoms with Gasteiger partial charge >= 0.3 is 5.97 Å². The van der Waals surface area contributed by atoms with Crippen LogP contribution in [0, 0.1) is 0 Å². The number of anilines is 1. The first-order valence-corrected chi connectivity index (χ1v) is 7.14. The van der Waals surface area contributed by atoms with Gasteiger partial charge in [0.2, 0.25) is 0 Å². The molecule has 0 aliphatic heterocycles. The van der Waals surface area contributed by atoms with E-state index in [1.54, 1.807) is 17.7 Å². The first-order chi connectivity index (χ1) is 9.09. The molecule has 2 aromatic rings. The van der Waals surface area contributed by atoms with Crippen LogP contribution < -0.4 is 4.90 Å². The minimum Gasteiger partial charge on any atom is -0.481 e. The highest BCUT2D eigenvalue weighted by molar-refractivity contribution is 7.17. The van der Waals surface area contributed by atoms with E-state index in [1.807, 2.05) is 11.4 Å². The number of hydrogen-bond acceptors (Lipinski definition) is 5. The summed E-state index contributed by atoms with van der Waals surface area (Å²) < 4.78 is 1.06. The van der Waals surface area contributed by atoms with Gasteiger partial charge in [-0.15, -0.1) is 11.3 Å². The Kier molecular flexibility index (Phi) is 4.31. The summed E-state index contributed by atoms with van der Waals surface area (Å²) in [6.07, 6.45) is 2.36. The normalized spacial score (nSPS) is 11.1. The number of carboxylic acid groups (broad SMARTS) is 1. The Morgan fingerprint density at radius 3 is 2.95 bits per heavy atom. The van der Waals surface area contributed by atoms with Crippen LogP contribution in [0.4, 0.5) is 5.82 Å². The van der Waals surface area contributed by atoms with Gasteiger partial charge in [-0.3, -0.25) is 4.79 Å². The van der Waals surface area contributed by atoms with Gasteiger partial charge in [0.05, 0.1) is 10.2 Å². The molecule has 0 spiro atoms. The SMILES string of the molecule is CC(C)N(CCCC(=O)O)c1ncnc2ccsc12. The van der Waals surface area contributed by atoms with Crippen molar-refractivity contribution in [1.29, 1.82) is 0 Å². The van der Waals surface area contributed by atoms with Crippen molar-refractivity contribution in [3.63, 3.8) is 0 Å².